The van der Waals surface area contributed by atoms with E-state index in [0.29, 0.717) is 6.42 Å². The van der Waals surface area contributed by atoms with Crippen molar-refractivity contribution in [3.8, 4) is 0 Å². The topological polar surface area (TPSA) is 39.4 Å². The van der Waals surface area contributed by atoms with Gasteiger partial charge in [0, 0.05) is 11.0 Å². The van der Waals surface area contributed by atoms with Gasteiger partial charge >= 0.3 is 5.97 Å². The molecular weight excluding hydrogens is 180 g/mol. The maximum Gasteiger partial charge on any atom is 0.307 e. The van der Waals surface area contributed by atoms with Crippen LogP contribution in [0.1, 0.15) is 25.0 Å². The molecule has 2 atom stereocenters. The standard InChI is InChI=1S/C11H12O3/c1-3-11(2)6-9(12)14-10(11)8-4-5-13-7-8/h3-5,7,10H,1,6H2,2H3/t10-,11+/m0/s1. The average Bonchev–Trinajstić information content (AvgIpc) is 2.73. The third-order valence-corrected chi connectivity index (χ3v) is 2.69. The minimum absolute atomic E-state index is 0.182. The molecule has 3 heteroatoms. The zero-order valence-corrected chi connectivity index (χ0v) is 8.03. The quantitative estimate of drug-likeness (QED) is 0.533. The molecule has 0 aromatic carbocycles. The van der Waals surface area contributed by atoms with Gasteiger partial charge in [-0.15, -0.1) is 6.58 Å². The second kappa shape index (κ2) is 3.01. The molecular formula is C11H12O3. The minimum Gasteiger partial charge on any atom is -0.472 e. The summed E-state index contributed by atoms with van der Waals surface area (Å²) >= 11 is 0. The fraction of sp³-hybridized carbons (Fsp3) is 0.364. The van der Waals surface area contributed by atoms with E-state index in [1.54, 1.807) is 18.6 Å². The molecule has 2 rings (SSSR count). The molecule has 14 heavy (non-hydrogen) atoms. The third kappa shape index (κ3) is 1.25. The summed E-state index contributed by atoms with van der Waals surface area (Å²) in [5.41, 5.74) is 0.569. The average molecular weight is 192 g/mol. The molecule has 1 aromatic heterocycles. The smallest absolute Gasteiger partial charge is 0.307 e. The molecule has 1 aliphatic heterocycles. The van der Waals surface area contributed by atoms with Crippen molar-refractivity contribution >= 4 is 5.97 Å². The Morgan fingerprint density at radius 2 is 2.50 bits per heavy atom. The SMILES string of the molecule is C=C[C@]1(C)CC(=O)O[C@H]1c1ccoc1. The Bertz CT molecular complexity index is 353. The van der Waals surface area contributed by atoms with Crippen LogP contribution in [-0.2, 0) is 9.53 Å². The van der Waals surface area contributed by atoms with E-state index in [0.717, 1.165) is 5.56 Å². The summed E-state index contributed by atoms with van der Waals surface area (Å²) in [5.74, 6) is -0.182. The lowest BCUT2D eigenvalue weighted by Gasteiger charge is -2.23. The lowest BCUT2D eigenvalue weighted by atomic mass is 9.81. The van der Waals surface area contributed by atoms with Crippen molar-refractivity contribution in [2.24, 2.45) is 5.41 Å². The van der Waals surface area contributed by atoms with Crippen molar-refractivity contribution in [1.82, 2.24) is 0 Å². The summed E-state index contributed by atoms with van der Waals surface area (Å²) < 4.78 is 10.2. The molecule has 0 bridgehead atoms. The Kier molecular flexibility index (Phi) is 1.95. The van der Waals surface area contributed by atoms with Gasteiger partial charge in [0.05, 0.1) is 18.9 Å². The Hall–Kier alpha value is -1.51. The van der Waals surface area contributed by atoms with Crippen LogP contribution in [0.5, 0.6) is 0 Å². The van der Waals surface area contributed by atoms with E-state index in [4.69, 9.17) is 9.15 Å². The second-order valence-corrected chi connectivity index (χ2v) is 3.81. The summed E-state index contributed by atoms with van der Waals surface area (Å²) in [6.07, 6.45) is 5.07. The molecule has 1 saturated heterocycles. The number of hydrogen-bond donors (Lipinski definition) is 0. The van der Waals surface area contributed by atoms with Crippen LogP contribution in [0.25, 0.3) is 0 Å². The molecule has 0 saturated carbocycles. The molecule has 1 fully saturated rings. The first kappa shape index (κ1) is 9.06. The number of carbonyl (C=O) groups excluding carboxylic acids is 1. The largest absolute Gasteiger partial charge is 0.472 e. The highest BCUT2D eigenvalue weighted by molar-refractivity contribution is 5.73. The van der Waals surface area contributed by atoms with Gasteiger partial charge < -0.3 is 9.15 Å². The van der Waals surface area contributed by atoms with Crippen LogP contribution in [0.3, 0.4) is 0 Å². The van der Waals surface area contributed by atoms with Gasteiger partial charge in [0.25, 0.3) is 0 Å². The van der Waals surface area contributed by atoms with Gasteiger partial charge in [0.1, 0.15) is 6.10 Å². The van der Waals surface area contributed by atoms with Gasteiger partial charge in [0.15, 0.2) is 0 Å². The monoisotopic (exact) mass is 192 g/mol. The molecule has 0 aliphatic carbocycles. The summed E-state index contributed by atoms with van der Waals surface area (Å²) in [4.78, 5) is 11.2. The van der Waals surface area contributed by atoms with Gasteiger partial charge in [0.2, 0.25) is 0 Å². The predicted molar refractivity (Wildman–Crippen MR) is 50.5 cm³/mol. The Labute approximate surface area is 82.4 Å². The molecule has 0 spiro atoms. The van der Waals surface area contributed by atoms with Crippen molar-refractivity contribution in [2.45, 2.75) is 19.4 Å². The van der Waals surface area contributed by atoms with Crippen molar-refractivity contribution < 1.29 is 13.9 Å². The van der Waals surface area contributed by atoms with Gasteiger partial charge in [-0.25, -0.2) is 0 Å². The van der Waals surface area contributed by atoms with Crippen LogP contribution in [0.15, 0.2) is 35.7 Å². The normalized spacial score (nSPS) is 31.5. The molecule has 2 heterocycles. The van der Waals surface area contributed by atoms with Gasteiger partial charge in [-0.2, -0.15) is 0 Å². The van der Waals surface area contributed by atoms with Crippen LogP contribution in [0, 0.1) is 5.41 Å². The van der Waals surface area contributed by atoms with Crippen molar-refractivity contribution in [3.05, 3.63) is 36.8 Å². The van der Waals surface area contributed by atoms with E-state index < -0.39 is 0 Å². The third-order valence-electron chi connectivity index (χ3n) is 2.69. The predicted octanol–water partition coefficient (Wildman–Crippen LogP) is 2.46. The maximum absolute atomic E-state index is 11.2. The summed E-state index contributed by atoms with van der Waals surface area (Å²) in [6, 6.07) is 1.81. The van der Waals surface area contributed by atoms with E-state index in [9.17, 15) is 4.79 Å². The molecule has 1 aliphatic rings. The first-order valence-electron chi connectivity index (χ1n) is 4.51. The van der Waals surface area contributed by atoms with E-state index in [2.05, 4.69) is 6.58 Å². The number of hydrogen-bond acceptors (Lipinski definition) is 3. The van der Waals surface area contributed by atoms with Crippen LogP contribution >= 0.6 is 0 Å². The van der Waals surface area contributed by atoms with E-state index in [-0.39, 0.29) is 17.5 Å². The Morgan fingerprint density at radius 3 is 3.07 bits per heavy atom. The lowest BCUT2D eigenvalue weighted by molar-refractivity contribution is -0.141. The number of furan rings is 1. The fourth-order valence-electron chi connectivity index (χ4n) is 1.76. The van der Waals surface area contributed by atoms with Crippen molar-refractivity contribution in [1.29, 1.82) is 0 Å². The van der Waals surface area contributed by atoms with Crippen LogP contribution in [-0.4, -0.2) is 5.97 Å². The molecule has 0 amide bonds. The molecule has 0 N–H and O–H groups in total. The second-order valence-electron chi connectivity index (χ2n) is 3.81. The number of ether oxygens (including phenoxy) is 1. The zero-order chi connectivity index (χ0) is 10.2. The van der Waals surface area contributed by atoms with Gasteiger partial charge in [-0.3, -0.25) is 4.79 Å². The highest BCUT2D eigenvalue weighted by Gasteiger charge is 2.44. The Morgan fingerprint density at radius 1 is 1.71 bits per heavy atom. The first-order valence-corrected chi connectivity index (χ1v) is 4.51. The van der Waals surface area contributed by atoms with E-state index in [1.807, 2.05) is 13.0 Å². The van der Waals surface area contributed by atoms with Crippen molar-refractivity contribution in [3.63, 3.8) is 0 Å². The maximum atomic E-state index is 11.2. The van der Waals surface area contributed by atoms with Crippen LogP contribution in [0.4, 0.5) is 0 Å². The van der Waals surface area contributed by atoms with Gasteiger partial charge in [-0.05, 0) is 6.07 Å². The van der Waals surface area contributed by atoms with Crippen molar-refractivity contribution in [2.75, 3.05) is 0 Å². The van der Waals surface area contributed by atoms with E-state index >= 15 is 0 Å². The summed E-state index contributed by atoms with van der Waals surface area (Å²) in [5, 5.41) is 0. The zero-order valence-electron chi connectivity index (χ0n) is 8.03. The molecule has 0 unspecified atom stereocenters. The number of esters is 1. The summed E-state index contributed by atoms with van der Waals surface area (Å²) in [6.45, 7) is 5.71. The summed E-state index contributed by atoms with van der Waals surface area (Å²) in [7, 11) is 0. The molecule has 3 nitrogen and oxygen atoms in total. The number of rotatable bonds is 2. The van der Waals surface area contributed by atoms with Gasteiger partial charge in [-0.1, -0.05) is 13.0 Å². The molecule has 1 aromatic rings. The lowest BCUT2D eigenvalue weighted by Crippen LogP contribution is -2.17. The highest BCUT2D eigenvalue weighted by atomic mass is 16.6. The number of cyclic esters (lactones) is 1. The van der Waals surface area contributed by atoms with Crippen LogP contribution in [0.2, 0.25) is 0 Å². The fourth-order valence-corrected chi connectivity index (χ4v) is 1.76. The number of carbonyl (C=O) groups is 1. The molecule has 74 valence electrons. The first-order chi connectivity index (χ1) is 6.65. The molecule has 0 radical (unpaired) electrons. The Balaban J connectivity index is 2.35. The minimum atomic E-state index is -0.318. The highest BCUT2D eigenvalue weighted by Crippen LogP contribution is 2.46. The van der Waals surface area contributed by atoms with Crippen LogP contribution < -0.4 is 0 Å². The van der Waals surface area contributed by atoms with E-state index in [1.165, 1.54) is 0 Å².